The molecule has 0 aromatic carbocycles. The predicted molar refractivity (Wildman–Crippen MR) is 0 cm³/mol. The topological polar surface area (TPSA) is 69.2 Å². The van der Waals surface area contributed by atoms with Gasteiger partial charge in [-0.3, -0.25) is 0 Å². The fourth-order valence-electron chi connectivity index (χ4n) is 0. The van der Waals surface area contributed by atoms with Crippen molar-refractivity contribution >= 4 is 0 Å². The SMILES string of the molecule is [Cl-].[O-][Cl+2]([O-])[O-]. The van der Waals surface area contributed by atoms with Gasteiger partial charge in [-0.2, -0.15) is 0 Å². The van der Waals surface area contributed by atoms with Crippen molar-refractivity contribution in [3.63, 3.8) is 0 Å². The van der Waals surface area contributed by atoms with Gasteiger partial charge in [0.05, 0.1) is 10.8 Å². The molecule has 0 aliphatic heterocycles. The van der Waals surface area contributed by atoms with E-state index in [4.69, 9.17) is 14.0 Å². The van der Waals surface area contributed by atoms with Crippen LogP contribution >= 0.6 is 0 Å². The average molecular weight is 119 g/mol. The largest absolute Gasteiger partial charge is 1.00 e. The minimum Gasteiger partial charge on any atom is -1.00 e. The van der Waals surface area contributed by atoms with Crippen molar-refractivity contribution in [2.45, 2.75) is 0 Å². The maximum atomic E-state index is 8.41. The van der Waals surface area contributed by atoms with Crippen molar-refractivity contribution in [2.24, 2.45) is 0 Å². The second kappa shape index (κ2) is 4.46. The molecule has 0 aliphatic rings. The van der Waals surface area contributed by atoms with Crippen molar-refractivity contribution < 1.29 is 37.2 Å². The number of hydrogen-bond acceptors (Lipinski definition) is 3. The smallest absolute Gasteiger partial charge is 0.0695 e. The minimum atomic E-state index is -2.85. The van der Waals surface area contributed by atoms with E-state index in [1.54, 1.807) is 0 Å². The quantitative estimate of drug-likeness (QED) is 0.318. The first-order valence-electron chi connectivity index (χ1n) is 0.463. The van der Waals surface area contributed by atoms with Crippen LogP contribution in [0.1, 0.15) is 0 Å². The molecular weight excluding hydrogens is 119 g/mol. The van der Waals surface area contributed by atoms with Gasteiger partial charge in [0.25, 0.3) is 0 Å². The summed E-state index contributed by atoms with van der Waals surface area (Å²) in [4.78, 5) is 0. The highest BCUT2D eigenvalue weighted by Gasteiger charge is 1.60. The summed E-state index contributed by atoms with van der Waals surface area (Å²) in [5.41, 5.74) is 0. The van der Waals surface area contributed by atoms with E-state index in [1.165, 1.54) is 0 Å². The Morgan fingerprint density at radius 2 is 1.00 bits per heavy atom. The summed E-state index contributed by atoms with van der Waals surface area (Å²) in [6.07, 6.45) is 0. The van der Waals surface area contributed by atoms with Crippen LogP contribution in [0.25, 0.3) is 0 Å². The number of rotatable bonds is 0. The second-order valence-corrected chi connectivity index (χ2v) is 0.567. The minimum absolute atomic E-state index is 0. The maximum absolute atomic E-state index is 8.41. The van der Waals surface area contributed by atoms with E-state index in [2.05, 4.69) is 0 Å². The van der Waals surface area contributed by atoms with E-state index >= 15 is 0 Å². The Hall–Kier alpha value is 0.460. The number of hydrogen-bond donors (Lipinski definition) is 0. The molecule has 0 bridgehead atoms. The van der Waals surface area contributed by atoms with E-state index in [1.807, 2.05) is 0 Å². The molecule has 0 aliphatic carbocycles. The van der Waals surface area contributed by atoms with Gasteiger partial charge in [0, 0.05) is 0 Å². The second-order valence-electron chi connectivity index (χ2n) is 0.189. The lowest BCUT2D eigenvalue weighted by atomic mass is 15.8. The summed E-state index contributed by atoms with van der Waals surface area (Å²) in [6, 6.07) is 0. The molecule has 34 valence electrons. The zero-order chi connectivity index (χ0) is 3.58. The summed E-state index contributed by atoms with van der Waals surface area (Å²) in [6.45, 7) is 0. The summed E-state index contributed by atoms with van der Waals surface area (Å²) < 4.78 is 25.2. The zero-order valence-corrected chi connectivity index (χ0v) is 3.49. The molecule has 5 heteroatoms. The van der Waals surface area contributed by atoms with E-state index in [-0.39, 0.29) is 12.4 Å². The number of halogens is 2. The highest BCUT2D eigenvalue weighted by molar-refractivity contribution is 1.73. The normalized spacial score (nSPS) is 7.20. The highest BCUT2D eigenvalue weighted by Crippen LogP contribution is 1.24. The summed E-state index contributed by atoms with van der Waals surface area (Å²) >= 11 is 0. The van der Waals surface area contributed by atoms with Crippen LogP contribution in [0.2, 0.25) is 0 Å². The summed E-state index contributed by atoms with van der Waals surface area (Å²) in [5, 5.41) is 0. The first-order valence-corrected chi connectivity index (χ1v) is 1.39. The van der Waals surface area contributed by atoms with Gasteiger partial charge in [0.1, 0.15) is 0 Å². The first kappa shape index (κ1) is 9.07. The molecule has 0 aromatic heterocycles. The van der Waals surface area contributed by atoms with E-state index < -0.39 is 10.8 Å². The Morgan fingerprint density at radius 1 is 1.00 bits per heavy atom. The van der Waals surface area contributed by atoms with Crippen molar-refractivity contribution in [1.82, 2.24) is 0 Å². The summed E-state index contributed by atoms with van der Waals surface area (Å²) in [5.74, 6) is 0. The maximum Gasteiger partial charge on any atom is 0.0695 e. The van der Waals surface area contributed by atoms with Crippen LogP contribution in [-0.2, 0) is 0 Å². The molecule has 0 radical (unpaired) electrons. The van der Waals surface area contributed by atoms with Gasteiger partial charge in [-0.25, -0.2) is 0 Å². The Balaban J connectivity index is 0. The van der Waals surface area contributed by atoms with Crippen LogP contribution in [0.4, 0.5) is 0 Å². The van der Waals surface area contributed by atoms with Gasteiger partial charge in [-0.05, 0) is 0 Å². The lowest BCUT2D eigenvalue weighted by Gasteiger charge is -1.89. The molecule has 0 unspecified atom stereocenters. The van der Waals surface area contributed by atoms with E-state index in [0.717, 1.165) is 0 Å². The molecule has 0 fully saturated rings. The molecule has 5 heavy (non-hydrogen) atoms. The third-order valence-corrected chi connectivity index (χ3v) is 0. The standard InChI is InChI=1S/ClO3.ClH/c2-1(3)4;/h;1H/q-1;/p-1. The zero-order valence-electron chi connectivity index (χ0n) is 1.98. The van der Waals surface area contributed by atoms with Gasteiger partial charge in [-0.1, -0.05) is 0 Å². The van der Waals surface area contributed by atoms with E-state index in [9.17, 15) is 0 Å². The van der Waals surface area contributed by atoms with Gasteiger partial charge in [0.2, 0.25) is 0 Å². The van der Waals surface area contributed by atoms with Crippen molar-refractivity contribution in [3.05, 3.63) is 0 Å². The molecular formula is Cl2O3-2. The van der Waals surface area contributed by atoms with Gasteiger partial charge < -0.3 is 26.4 Å². The van der Waals surface area contributed by atoms with Crippen LogP contribution in [0.3, 0.4) is 0 Å². The Labute approximate surface area is 38.0 Å². The average Bonchev–Trinajstić information content (AvgIpc) is 0.811. The first-order chi connectivity index (χ1) is 1.73. The van der Waals surface area contributed by atoms with Gasteiger partial charge >= 0.3 is 0 Å². The van der Waals surface area contributed by atoms with E-state index in [0.29, 0.717) is 0 Å². The molecule has 0 aromatic rings. The lowest BCUT2D eigenvalue weighted by Crippen LogP contribution is -3.00. The Morgan fingerprint density at radius 3 is 1.00 bits per heavy atom. The van der Waals surface area contributed by atoms with Crippen LogP contribution in [-0.4, -0.2) is 0 Å². The van der Waals surface area contributed by atoms with Crippen molar-refractivity contribution in [2.75, 3.05) is 0 Å². The molecule has 0 N–H and O–H groups in total. The molecule has 0 rings (SSSR count). The predicted octanol–water partition coefficient (Wildman–Crippen LogP) is -6.56. The molecule has 0 amide bonds. The van der Waals surface area contributed by atoms with Gasteiger partial charge in [-0.15, -0.1) is 0 Å². The monoisotopic (exact) mass is 118 g/mol. The van der Waals surface area contributed by atoms with Crippen LogP contribution in [0, 0.1) is 10.8 Å². The molecule has 0 saturated heterocycles. The Bertz CT molecular complexity index is 9.61. The molecule has 0 spiro atoms. The Kier molecular flexibility index (Phi) is 8.09. The highest BCUT2D eigenvalue weighted by atomic mass is 35.6. The summed E-state index contributed by atoms with van der Waals surface area (Å²) in [7, 11) is -2.85. The van der Waals surface area contributed by atoms with Gasteiger partial charge in [0.15, 0.2) is 0 Å². The van der Waals surface area contributed by atoms with Crippen LogP contribution in [0.5, 0.6) is 0 Å². The van der Waals surface area contributed by atoms with Crippen molar-refractivity contribution in [1.29, 1.82) is 0 Å². The van der Waals surface area contributed by atoms with Crippen LogP contribution in [0.15, 0.2) is 0 Å². The van der Waals surface area contributed by atoms with Crippen molar-refractivity contribution in [3.8, 4) is 0 Å². The molecule has 0 atom stereocenters. The lowest BCUT2D eigenvalue weighted by molar-refractivity contribution is -1.73. The van der Waals surface area contributed by atoms with Crippen LogP contribution < -0.4 is 26.4 Å². The third kappa shape index (κ3) is 128. The molecule has 3 nitrogen and oxygen atoms in total. The third-order valence-electron chi connectivity index (χ3n) is 0. The fraction of sp³-hybridized carbons (Fsp3) is 0. The molecule has 0 heterocycles. The molecule has 0 saturated carbocycles. The fourth-order valence-corrected chi connectivity index (χ4v) is 0.